The van der Waals surface area contributed by atoms with Crippen LogP contribution in [0.4, 0.5) is 0 Å². The predicted octanol–water partition coefficient (Wildman–Crippen LogP) is 3.87. The molecule has 0 aliphatic carbocycles. The number of cyclic esters (lactones) is 1. The lowest BCUT2D eigenvalue weighted by atomic mass is 10.1. The van der Waals surface area contributed by atoms with Gasteiger partial charge in [0.05, 0.1) is 0 Å². The fraction of sp³-hybridized carbons (Fsp3) is 0.471. The maximum Gasteiger partial charge on any atom is 0.378 e. The van der Waals surface area contributed by atoms with Gasteiger partial charge in [-0.2, -0.15) is 0 Å². The molecule has 0 radical (unpaired) electrons. The van der Waals surface area contributed by atoms with Crippen LogP contribution in [0.3, 0.4) is 0 Å². The van der Waals surface area contributed by atoms with Gasteiger partial charge in [-0.1, -0.05) is 56.5 Å². The van der Waals surface area contributed by atoms with Gasteiger partial charge in [-0.25, -0.2) is 4.79 Å². The molecular weight excluding hydrogens is 268 g/mol. The molecule has 21 heavy (non-hydrogen) atoms. The number of aliphatic hydroxyl groups is 1. The van der Waals surface area contributed by atoms with Crippen LogP contribution in [0.1, 0.15) is 44.6 Å². The average molecular weight is 290 g/mol. The lowest BCUT2D eigenvalue weighted by Crippen LogP contribution is -2.11. The van der Waals surface area contributed by atoms with E-state index in [1.165, 1.54) is 0 Å². The second-order valence-electron chi connectivity index (χ2n) is 5.23. The molecule has 2 rings (SSSR count). The molecular formula is C17H22O4. The Hall–Kier alpha value is -1.97. The Morgan fingerprint density at radius 3 is 2.67 bits per heavy atom. The second kappa shape index (κ2) is 7.72. The fourth-order valence-corrected chi connectivity index (χ4v) is 2.30. The molecule has 0 amide bonds. The fourth-order valence-electron chi connectivity index (χ4n) is 2.30. The van der Waals surface area contributed by atoms with Crippen LogP contribution < -0.4 is 0 Å². The summed E-state index contributed by atoms with van der Waals surface area (Å²) in [6.45, 7) is 2.39. The minimum atomic E-state index is -0.566. The highest BCUT2D eigenvalue weighted by atomic mass is 16.6. The van der Waals surface area contributed by atoms with Gasteiger partial charge in [-0.15, -0.1) is 0 Å². The van der Waals surface area contributed by atoms with Crippen LogP contribution in [0, 0.1) is 0 Å². The van der Waals surface area contributed by atoms with E-state index in [4.69, 9.17) is 9.47 Å². The number of carbonyl (C=O) groups excluding carboxylic acids is 1. The van der Waals surface area contributed by atoms with Gasteiger partial charge in [-0.3, -0.25) is 0 Å². The van der Waals surface area contributed by atoms with Gasteiger partial charge in [-0.05, 0) is 18.4 Å². The monoisotopic (exact) mass is 290 g/mol. The first kappa shape index (κ1) is 15.4. The highest BCUT2D eigenvalue weighted by Crippen LogP contribution is 2.26. The van der Waals surface area contributed by atoms with Crippen LogP contribution in [0.5, 0.6) is 0 Å². The predicted molar refractivity (Wildman–Crippen MR) is 79.5 cm³/mol. The zero-order valence-electron chi connectivity index (χ0n) is 12.4. The van der Waals surface area contributed by atoms with Gasteiger partial charge in [0.2, 0.25) is 5.76 Å². The van der Waals surface area contributed by atoms with Crippen molar-refractivity contribution in [3.05, 3.63) is 47.4 Å². The van der Waals surface area contributed by atoms with Crippen molar-refractivity contribution in [2.45, 2.75) is 51.7 Å². The Morgan fingerprint density at radius 2 is 1.95 bits per heavy atom. The molecule has 1 aromatic rings. The van der Waals surface area contributed by atoms with E-state index in [9.17, 15) is 9.90 Å². The summed E-state index contributed by atoms with van der Waals surface area (Å²) in [5, 5.41) is 10.1. The lowest BCUT2D eigenvalue weighted by molar-refractivity contribution is -0.143. The van der Waals surface area contributed by atoms with Crippen molar-refractivity contribution >= 4 is 5.97 Å². The van der Waals surface area contributed by atoms with E-state index in [-0.39, 0.29) is 18.1 Å². The van der Waals surface area contributed by atoms with Crippen LogP contribution >= 0.6 is 0 Å². The van der Waals surface area contributed by atoms with Crippen LogP contribution in [0.2, 0.25) is 0 Å². The highest BCUT2D eigenvalue weighted by molar-refractivity contribution is 5.89. The third-order valence-electron chi connectivity index (χ3n) is 3.52. The quantitative estimate of drug-likeness (QED) is 0.583. The first-order valence-electron chi connectivity index (χ1n) is 7.53. The summed E-state index contributed by atoms with van der Waals surface area (Å²) in [7, 11) is 0. The Bertz CT molecular complexity index is 493. The molecule has 1 aromatic carbocycles. The maximum absolute atomic E-state index is 11.7. The van der Waals surface area contributed by atoms with Crippen molar-refractivity contribution in [2.24, 2.45) is 0 Å². The number of unbranched alkanes of at least 4 members (excludes halogenated alkanes) is 3. The normalized spacial score (nSPS) is 18.0. The van der Waals surface area contributed by atoms with Crippen molar-refractivity contribution in [3.63, 3.8) is 0 Å². The topological polar surface area (TPSA) is 55.8 Å². The van der Waals surface area contributed by atoms with Crippen LogP contribution in [0.15, 0.2) is 41.9 Å². The number of aliphatic hydroxyl groups excluding tert-OH is 1. The molecule has 0 bridgehead atoms. The van der Waals surface area contributed by atoms with E-state index in [0.717, 1.165) is 31.2 Å². The molecule has 1 heterocycles. The van der Waals surface area contributed by atoms with Crippen LogP contribution in [-0.2, 0) is 20.9 Å². The van der Waals surface area contributed by atoms with Gasteiger partial charge in [0.1, 0.15) is 6.61 Å². The van der Waals surface area contributed by atoms with E-state index >= 15 is 0 Å². The summed E-state index contributed by atoms with van der Waals surface area (Å²) in [4.78, 5) is 11.7. The molecule has 0 aromatic heterocycles. The molecule has 1 N–H and O–H groups in total. The zero-order valence-corrected chi connectivity index (χ0v) is 12.4. The summed E-state index contributed by atoms with van der Waals surface area (Å²) in [6, 6.07) is 9.52. The third-order valence-corrected chi connectivity index (χ3v) is 3.52. The molecule has 1 aliphatic rings. The largest absolute Gasteiger partial charge is 0.505 e. The first-order valence-corrected chi connectivity index (χ1v) is 7.53. The molecule has 0 saturated carbocycles. The average Bonchev–Trinajstić information content (AvgIpc) is 2.77. The molecule has 1 aliphatic heterocycles. The van der Waals surface area contributed by atoms with Crippen molar-refractivity contribution in [2.75, 3.05) is 0 Å². The summed E-state index contributed by atoms with van der Waals surface area (Å²) in [5.41, 5.74) is 0.942. The summed E-state index contributed by atoms with van der Waals surface area (Å²) >= 11 is 0. The Kier molecular flexibility index (Phi) is 5.67. The van der Waals surface area contributed by atoms with E-state index in [2.05, 4.69) is 6.92 Å². The number of ether oxygens (including phenoxy) is 2. The number of rotatable bonds is 8. The van der Waals surface area contributed by atoms with Crippen molar-refractivity contribution in [3.8, 4) is 0 Å². The van der Waals surface area contributed by atoms with Crippen molar-refractivity contribution < 1.29 is 19.4 Å². The number of carbonyl (C=O) groups is 1. The van der Waals surface area contributed by atoms with Crippen LogP contribution in [0.25, 0.3) is 0 Å². The minimum absolute atomic E-state index is 0.0423. The van der Waals surface area contributed by atoms with Gasteiger partial charge in [0, 0.05) is 0 Å². The van der Waals surface area contributed by atoms with Crippen molar-refractivity contribution in [1.29, 1.82) is 0 Å². The minimum Gasteiger partial charge on any atom is -0.505 e. The van der Waals surface area contributed by atoms with Gasteiger partial charge in [0.15, 0.2) is 11.9 Å². The summed E-state index contributed by atoms with van der Waals surface area (Å²) < 4.78 is 10.6. The standard InChI is InChI=1S/C17H22O4/c1-2-3-4-8-11-14-15(18)16(17(19)21-14)20-12-13-9-6-5-7-10-13/h5-7,9-10,14,18H,2-4,8,11-12H2,1H3/t14-/m0/s1. The highest BCUT2D eigenvalue weighted by Gasteiger charge is 2.35. The Morgan fingerprint density at radius 1 is 1.19 bits per heavy atom. The summed E-state index contributed by atoms with van der Waals surface area (Å²) in [5.74, 6) is -0.671. The molecule has 0 unspecified atom stereocenters. The van der Waals surface area contributed by atoms with Crippen molar-refractivity contribution in [1.82, 2.24) is 0 Å². The molecule has 0 saturated heterocycles. The SMILES string of the molecule is CCCCCC[C@@H]1OC(=O)C(OCc2ccccc2)=C1O. The van der Waals surface area contributed by atoms with E-state index < -0.39 is 12.1 Å². The van der Waals surface area contributed by atoms with Crippen LogP contribution in [-0.4, -0.2) is 17.2 Å². The van der Waals surface area contributed by atoms with E-state index in [1.54, 1.807) is 0 Å². The second-order valence-corrected chi connectivity index (χ2v) is 5.23. The van der Waals surface area contributed by atoms with Gasteiger partial charge < -0.3 is 14.6 Å². The Balaban J connectivity index is 1.88. The maximum atomic E-state index is 11.7. The van der Waals surface area contributed by atoms with E-state index in [0.29, 0.717) is 6.42 Å². The number of hydrogen-bond donors (Lipinski definition) is 1. The molecule has 0 fully saturated rings. The molecule has 4 heteroatoms. The summed E-state index contributed by atoms with van der Waals surface area (Å²) in [6.07, 6.45) is 4.43. The number of benzene rings is 1. The molecule has 1 atom stereocenters. The molecule has 0 spiro atoms. The van der Waals surface area contributed by atoms with Gasteiger partial charge in [0.25, 0.3) is 0 Å². The third kappa shape index (κ3) is 4.25. The smallest absolute Gasteiger partial charge is 0.378 e. The zero-order chi connectivity index (χ0) is 15.1. The first-order chi connectivity index (χ1) is 10.2. The number of hydrogen-bond acceptors (Lipinski definition) is 4. The molecule has 4 nitrogen and oxygen atoms in total. The van der Waals surface area contributed by atoms with E-state index in [1.807, 2.05) is 30.3 Å². The molecule has 114 valence electrons. The number of esters is 1. The van der Waals surface area contributed by atoms with Gasteiger partial charge >= 0.3 is 5.97 Å². The lowest BCUT2D eigenvalue weighted by Gasteiger charge is -2.08. The Labute approximate surface area is 125 Å².